The molecule has 1 amide bonds. The van der Waals surface area contributed by atoms with Crippen LogP contribution in [0.3, 0.4) is 0 Å². The zero-order valence-corrected chi connectivity index (χ0v) is 17.6. The third kappa shape index (κ3) is 3.73. The monoisotopic (exact) mass is 430 g/mol. The van der Waals surface area contributed by atoms with Gasteiger partial charge in [0.25, 0.3) is 11.7 Å². The number of ketones is 1. The zero-order chi connectivity index (χ0) is 22.1. The van der Waals surface area contributed by atoms with Crippen LogP contribution in [0.2, 0.25) is 0 Å². The third-order valence-corrected chi connectivity index (χ3v) is 5.70. The van der Waals surface area contributed by atoms with Gasteiger partial charge >= 0.3 is 0 Å². The van der Waals surface area contributed by atoms with Crippen molar-refractivity contribution < 1.29 is 14.3 Å². The summed E-state index contributed by atoms with van der Waals surface area (Å²) < 4.78 is 7.55. The summed E-state index contributed by atoms with van der Waals surface area (Å²) in [5.41, 5.74) is 2.02. The summed E-state index contributed by atoms with van der Waals surface area (Å²) >= 11 is 0. The quantitative estimate of drug-likeness (QED) is 0.385. The molecule has 0 unspecified atom stereocenters. The van der Waals surface area contributed by atoms with E-state index in [2.05, 4.69) is 20.3 Å². The van der Waals surface area contributed by atoms with Crippen molar-refractivity contribution in [3.8, 4) is 11.7 Å². The van der Waals surface area contributed by atoms with E-state index in [1.54, 1.807) is 34.1 Å². The number of aryl methyl sites for hydroxylation is 1. The van der Waals surface area contributed by atoms with Gasteiger partial charge in [-0.05, 0) is 25.1 Å². The van der Waals surface area contributed by atoms with E-state index in [1.165, 1.54) is 0 Å². The number of nitrogens with zero attached hydrogens (tertiary/aromatic N) is 5. The highest BCUT2D eigenvalue weighted by atomic mass is 16.5. The average Bonchev–Trinajstić information content (AvgIpc) is 3.47. The van der Waals surface area contributed by atoms with Crippen LogP contribution in [0, 0.1) is 6.92 Å². The van der Waals surface area contributed by atoms with Crippen LogP contribution in [0.5, 0.6) is 5.88 Å². The molecule has 1 aliphatic heterocycles. The molecule has 1 saturated heterocycles. The van der Waals surface area contributed by atoms with Crippen LogP contribution in [0.25, 0.3) is 16.7 Å². The Kier molecular flexibility index (Phi) is 5.14. The van der Waals surface area contributed by atoms with Gasteiger partial charge in [0.15, 0.2) is 5.82 Å². The van der Waals surface area contributed by atoms with Crippen LogP contribution in [-0.2, 0) is 4.79 Å². The van der Waals surface area contributed by atoms with Gasteiger partial charge in [0.2, 0.25) is 5.88 Å². The molecule has 1 aliphatic rings. The van der Waals surface area contributed by atoms with E-state index in [9.17, 15) is 9.59 Å². The van der Waals surface area contributed by atoms with E-state index in [0.717, 1.165) is 10.9 Å². The molecular formula is C23H22N6O3. The van der Waals surface area contributed by atoms with Gasteiger partial charge in [-0.1, -0.05) is 18.2 Å². The van der Waals surface area contributed by atoms with E-state index in [0.29, 0.717) is 48.9 Å². The highest BCUT2D eigenvalue weighted by Crippen LogP contribution is 2.24. The first kappa shape index (κ1) is 19.9. The molecule has 0 aliphatic carbocycles. The predicted octanol–water partition coefficient (Wildman–Crippen LogP) is 2.70. The van der Waals surface area contributed by atoms with Crippen molar-refractivity contribution in [3.05, 3.63) is 66.1 Å². The molecule has 0 saturated carbocycles. The zero-order valence-electron chi connectivity index (χ0n) is 17.6. The second-order valence-corrected chi connectivity index (χ2v) is 7.79. The van der Waals surface area contributed by atoms with Gasteiger partial charge in [0, 0.05) is 61.0 Å². The highest BCUT2D eigenvalue weighted by Gasteiger charge is 2.30. The molecule has 3 aromatic heterocycles. The summed E-state index contributed by atoms with van der Waals surface area (Å²) in [5.74, 6) is 0.0871. The lowest BCUT2D eigenvalue weighted by Gasteiger charge is -2.31. The fraction of sp³-hybridized carbons (Fsp3) is 0.261. The van der Waals surface area contributed by atoms with Crippen molar-refractivity contribution in [1.82, 2.24) is 29.9 Å². The Morgan fingerprint density at radius 1 is 1.06 bits per heavy atom. The molecule has 0 bridgehead atoms. The summed E-state index contributed by atoms with van der Waals surface area (Å²) in [7, 11) is 0. The van der Waals surface area contributed by atoms with Crippen molar-refractivity contribution in [3.63, 3.8) is 0 Å². The van der Waals surface area contributed by atoms with Crippen molar-refractivity contribution in [2.75, 3.05) is 13.1 Å². The van der Waals surface area contributed by atoms with Crippen molar-refractivity contribution in [2.24, 2.45) is 0 Å². The molecule has 4 aromatic rings. The molecule has 4 heterocycles. The van der Waals surface area contributed by atoms with Gasteiger partial charge in [-0.2, -0.15) is 5.10 Å². The van der Waals surface area contributed by atoms with Crippen molar-refractivity contribution in [1.29, 1.82) is 0 Å². The normalized spacial score (nSPS) is 14.6. The number of likely N-dealkylation sites (tertiary alicyclic amines) is 1. The average molecular weight is 430 g/mol. The Hall–Kier alpha value is -4.01. The van der Waals surface area contributed by atoms with E-state index in [4.69, 9.17) is 4.74 Å². The molecule has 0 atom stereocenters. The van der Waals surface area contributed by atoms with Gasteiger partial charge in [-0.15, -0.1) is 10.2 Å². The maximum absolute atomic E-state index is 13.0. The fourth-order valence-electron chi connectivity index (χ4n) is 4.07. The van der Waals surface area contributed by atoms with Crippen molar-refractivity contribution in [2.45, 2.75) is 25.9 Å². The SMILES string of the molecule is Cc1[nH]c2ccccc2c1C(=O)C(=O)N1CCC(Oc2ccc(-n3cccn3)nn2)CC1. The minimum atomic E-state index is -0.473. The lowest BCUT2D eigenvalue weighted by molar-refractivity contribution is -0.128. The minimum absolute atomic E-state index is 0.0890. The summed E-state index contributed by atoms with van der Waals surface area (Å²) in [6, 6.07) is 12.9. The summed E-state index contributed by atoms with van der Waals surface area (Å²) in [6.45, 7) is 2.73. The number of para-hydroxylation sites is 1. The van der Waals surface area contributed by atoms with E-state index >= 15 is 0 Å². The molecule has 0 radical (unpaired) electrons. The Balaban J connectivity index is 1.20. The number of H-pyrrole nitrogens is 1. The first-order chi connectivity index (χ1) is 15.6. The van der Waals surface area contributed by atoms with Crippen molar-refractivity contribution >= 4 is 22.6 Å². The number of amides is 1. The second kappa shape index (κ2) is 8.26. The van der Waals surface area contributed by atoms with E-state index in [-0.39, 0.29) is 6.10 Å². The Bertz CT molecular complexity index is 1250. The van der Waals surface area contributed by atoms with Crippen LogP contribution in [0.4, 0.5) is 0 Å². The minimum Gasteiger partial charge on any atom is -0.473 e. The topological polar surface area (TPSA) is 106 Å². The maximum Gasteiger partial charge on any atom is 0.295 e. The number of aromatic amines is 1. The molecule has 5 rings (SSSR count). The number of hydrogen-bond donors (Lipinski definition) is 1. The summed E-state index contributed by atoms with van der Waals surface area (Å²) in [6.07, 6.45) is 4.61. The number of nitrogens with one attached hydrogen (secondary N) is 1. The molecule has 1 N–H and O–H groups in total. The standard InChI is InChI=1S/C23H22N6O3/c1-15-21(17-5-2-3-6-18(17)25-15)22(30)23(31)28-13-9-16(10-14-28)32-20-8-7-19(26-27-20)29-12-4-11-24-29/h2-8,11-12,16,25H,9-10,13-14H2,1H3. The lowest BCUT2D eigenvalue weighted by Crippen LogP contribution is -2.44. The Morgan fingerprint density at radius 3 is 2.59 bits per heavy atom. The summed E-state index contributed by atoms with van der Waals surface area (Å²) in [4.78, 5) is 30.7. The molecule has 0 spiro atoms. The van der Waals surface area contributed by atoms with Gasteiger partial charge < -0.3 is 14.6 Å². The fourth-order valence-corrected chi connectivity index (χ4v) is 4.07. The number of Topliss-reactive ketones (excluding diaryl/α,β-unsaturated/α-hetero) is 1. The van der Waals surface area contributed by atoms with Gasteiger partial charge in [0.1, 0.15) is 6.10 Å². The van der Waals surface area contributed by atoms with Crippen LogP contribution in [0.1, 0.15) is 28.9 Å². The van der Waals surface area contributed by atoms with Crippen LogP contribution in [0.15, 0.2) is 54.9 Å². The molecule has 9 nitrogen and oxygen atoms in total. The first-order valence-corrected chi connectivity index (χ1v) is 10.5. The number of aromatic nitrogens is 5. The third-order valence-electron chi connectivity index (χ3n) is 5.70. The second-order valence-electron chi connectivity index (χ2n) is 7.79. The Labute approximate surface area is 184 Å². The highest BCUT2D eigenvalue weighted by molar-refractivity contribution is 6.45. The van der Waals surface area contributed by atoms with Crippen LogP contribution in [-0.4, -0.2) is 60.7 Å². The largest absolute Gasteiger partial charge is 0.473 e. The number of benzene rings is 1. The number of hydrogen-bond acceptors (Lipinski definition) is 6. The number of fused-ring (bicyclic) bond motifs is 1. The van der Waals surface area contributed by atoms with Gasteiger partial charge in [-0.25, -0.2) is 4.68 Å². The van der Waals surface area contributed by atoms with Crippen LogP contribution >= 0.6 is 0 Å². The van der Waals surface area contributed by atoms with E-state index in [1.807, 2.05) is 37.3 Å². The van der Waals surface area contributed by atoms with Gasteiger partial charge in [-0.3, -0.25) is 9.59 Å². The first-order valence-electron chi connectivity index (χ1n) is 10.5. The molecule has 162 valence electrons. The number of rotatable bonds is 5. The maximum atomic E-state index is 13.0. The van der Waals surface area contributed by atoms with Gasteiger partial charge in [0.05, 0.1) is 5.56 Å². The number of carbonyl (C=O) groups is 2. The van der Waals surface area contributed by atoms with E-state index < -0.39 is 11.7 Å². The molecule has 9 heteroatoms. The molecule has 1 aromatic carbocycles. The van der Waals surface area contributed by atoms with Crippen LogP contribution < -0.4 is 4.74 Å². The molecule has 1 fully saturated rings. The number of ether oxygens (including phenoxy) is 1. The number of piperidine rings is 1. The summed E-state index contributed by atoms with van der Waals surface area (Å²) in [5, 5.41) is 13.1. The molecule has 32 heavy (non-hydrogen) atoms. The lowest BCUT2D eigenvalue weighted by atomic mass is 10.0. The molecular weight excluding hydrogens is 408 g/mol. The number of carbonyl (C=O) groups excluding carboxylic acids is 2. The smallest absolute Gasteiger partial charge is 0.295 e. The Morgan fingerprint density at radius 2 is 1.88 bits per heavy atom. The predicted molar refractivity (Wildman–Crippen MR) is 117 cm³/mol.